The van der Waals surface area contributed by atoms with Gasteiger partial charge in [-0.05, 0) is 69.1 Å². The predicted molar refractivity (Wildman–Crippen MR) is 197 cm³/mol. The number of anilines is 1. The van der Waals surface area contributed by atoms with Crippen molar-refractivity contribution in [3.8, 4) is 0 Å². The Morgan fingerprint density at radius 2 is 1.54 bits per heavy atom. The van der Waals surface area contributed by atoms with Gasteiger partial charge in [-0.25, -0.2) is 4.79 Å². The van der Waals surface area contributed by atoms with Crippen molar-refractivity contribution in [1.29, 1.82) is 0 Å². The number of likely N-dealkylation sites (tertiary alicyclic amines) is 1. The van der Waals surface area contributed by atoms with E-state index in [1.807, 2.05) is 0 Å². The van der Waals surface area contributed by atoms with Crippen LogP contribution in [0.1, 0.15) is 64.9 Å². The third kappa shape index (κ3) is 12.0. The van der Waals surface area contributed by atoms with Crippen LogP contribution in [-0.4, -0.2) is 90.2 Å². The number of rotatable bonds is 17. The molecule has 1 aromatic carbocycles. The Balaban J connectivity index is 1.82. The summed E-state index contributed by atoms with van der Waals surface area (Å²) < 4.78 is 5.30. The molecule has 52 heavy (non-hydrogen) atoms. The van der Waals surface area contributed by atoms with Crippen LogP contribution in [0.5, 0.6) is 0 Å². The molecule has 2 heterocycles. The van der Waals surface area contributed by atoms with Crippen LogP contribution in [0.25, 0.3) is 11.0 Å². The smallest absolute Gasteiger partial charge is 0.336 e. The zero-order chi connectivity index (χ0) is 38.5. The summed E-state index contributed by atoms with van der Waals surface area (Å²) in [6.45, 7) is 7.23. The highest BCUT2D eigenvalue weighted by atomic mass is 16.4. The van der Waals surface area contributed by atoms with E-state index in [1.165, 1.54) is 24.0 Å². The van der Waals surface area contributed by atoms with E-state index in [9.17, 15) is 28.8 Å². The lowest BCUT2D eigenvalue weighted by Crippen LogP contribution is -2.58. The second-order valence-electron chi connectivity index (χ2n) is 13.1. The average Bonchev–Trinajstić information content (AvgIpc) is 3.55. The number of carbonyl (C=O) groups is 5. The van der Waals surface area contributed by atoms with Gasteiger partial charge in [0.25, 0.3) is 0 Å². The Hall–Kier alpha value is -5.68. The fourth-order valence-corrected chi connectivity index (χ4v) is 5.95. The van der Waals surface area contributed by atoms with Gasteiger partial charge >= 0.3 is 5.63 Å². The minimum Gasteiger partial charge on any atom is -0.423 e. The largest absolute Gasteiger partial charge is 0.423 e. The number of benzene rings is 1. The molecular weight excluding hydrogens is 674 g/mol. The molecule has 4 unspecified atom stereocenters. The average molecular weight is 726 g/mol. The van der Waals surface area contributed by atoms with E-state index in [1.54, 1.807) is 32.9 Å². The number of carbonyl (C=O) groups excluding carboxylic acids is 5. The van der Waals surface area contributed by atoms with Crippen molar-refractivity contribution < 1.29 is 28.4 Å². The SMILES string of the molecule is CC(=O)NC(C(=O)NC(CCCN=C(N)N)C(=O)N1CCCC1C(=O)NC(CCCN=C(N)N)C(=O)Nc1ccc2c(C)cc(=O)oc2c1)C(C)C. The number of amides is 5. The van der Waals surface area contributed by atoms with Crippen molar-refractivity contribution in [1.82, 2.24) is 20.9 Å². The van der Waals surface area contributed by atoms with Gasteiger partial charge in [-0.2, -0.15) is 0 Å². The molecule has 284 valence electrons. The first-order valence-corrected chi connectivity index (χ1v) is 17.2. The number of hydrogen-bond acceptors (Lipinski definition) is 9. The van der Waals surface area contributed by atoms with Crippen molar-refractivity contribution in [2.75, 3.05) is 25.0 Å². The van der Waals surface area contributed by atoms with Gasteiger partial charge in [0.15, 0.2) is 11.9 Å². The molecule has 0 aliphatic carbocycles. The quantitative estimate of drug-likeness (QED) is 0.0435. The molecule has 0 spiro atoms. The molecule has 1 aromatic heterocycles. The highest BCUT2D eigenvalue weighted by Crippen LogP contribution is 2.23. The van der Waals surface area contributed by atoms with Crippen LogP contribution in [-0.2, 0) is 24.0 Å². The Morgan fingerprint density at radius 1 is 0.904 bits per heavy atom. The monoisotopic (exact) mass is 725 g/mol. The molecule has 3 rings (SSSR count). The van der Waals surface area contributed by atoms with Crippen LogP contribution in [0.3, 0.4) is 0 Å². The first-order valence-electron chi connectivity index (χ1n) is 17.2. The van der Waals surface area contributed by atoms with Crippen LogP contribution in [0, 0.1) is 12.8 Å². The minimum atomic E-state index is -1.06. The van der Waals surface area contributed by atoms with Crippen molar-refractivity contribution in [3.63, 3.8) is 0 Å². The summed E-state index contributed by atoms with van der Waals surface area (Å²) in [7, 11) is 0. The summed E-state index contributed by atoms with van der Waals surface area (Å²) >= 11 is 0. The van der Waals surface area contributed by atoms with Crippen LogP contribution in [0.4, 0.5) is 5.69 Å². The van der Waals surface area contributed by atoms with Crippen LogP contribution in [0.2, 0.25) is 0 Å². The number of aliphatic imine (C=N–C) groups is 2. The van der Waals surface area contributed by atoms with Crippen LogP contribution < -0.4 is 49.8 Å². The number of nitrogens with zero attached hydrogens (tertiary/aromatic N) is 3. The van der Waals surface area contributed by atoms with Gasteiger partial charge in [0, 0.05) is 49.8 Å². The maximum absolute atomic E-state index is 14.0. The third-order valence-electron chi connectivity index (χ3n) is 8.50. The second kappa shape index (κ2) is 19.1. The topological polar surface area (TPSA) is 296 Å². The summed E-state index contributed by atoms with van der Waals surface area (Å²) in [6.07, 6.45) is 1.80. The highest BCUT2D eigenvalue weighted by molar-refractivity contribution is 6.00. The molecule has 1 aliphatic rings. The standard InChI is InChI=1S/C34H51N11O7/c1-18(2)28(41-20(4)46)31(50)44-24(9-6-14-40-34(37)38)32(51)45-15-7-10-25(45)30(49)43-23(8-5-13-39-33(35)36)29(48)42-21-11-12-22-19(3)16-27(47)52-26(22)17-21/h11-12,16-18,23-25,28H,5-10,13-15H2,1-4H3,(H,41,46)(H,42,48)(H,43,49)(H,44,50)(H4,35,36,39)(H4,37,38,40). The number of guanidine groups is 2. The summed E-state index contributed by atoms with van der Waals surface area (Å²) in [6, 6.07) is 2.31. The molecule has 18 heteroatoms. The minimum absolute atomic E-state index is 0.116. The van der Waals surface area contributed by atoms with E-state index in [0.717, 1.165) is 0 Å². The lowest BCUT2D eigenvalue weighted by molar-refractivity contribution is -0.142. The third-order valence-corrected chi connectivity index (χ3v) is 8.50. The molecular formula is C34H51N11O7. The van der Waals surface area contributed by atoms with Crippen molar-refractivity contribution in [2.45, 2.75) is 90.4 Å². The molecule has 5 amide bonds. The molecule has 4 atom stereocenters. The van der Waals surface area contributed by atoms with E-state index in [4.69, 9.17) is 27.4 Å². The molecule has 1 saturated heterocycles. The lowest BCUT2D eigenvalue weighted by Gasteiger charge is -2.31. The van der Waals surface area contributed by atoms with Crippen molar-refractivity contribution in [3.05, 3.63) is 40.2 Å². The summed E-state index contributed by atoms with van der Waals surface area (Å²) in [5.41, 5.74) is 22.6. The van der Waals surface area contributed by atoms with Gasteiger partial charge in [-0.3, -0.25) is 34.0 Å². The van der Waals surface area contributed by atoms with Crippen LogP contribution >= 0.6 is 0 Å². The highest BCUT2D eigenvalue weighted by Gasteiger charge is 2.39. The van der Waals surface area contributed by atoms with Crippen molar-refractivity contribution in [2.24, 2.45) is 38.8 Å². The predicted octanol–water partition coefficient (Wildman–Crippen LogP) is -0.732. The number of aryl methyl sites for hydroxylation is 1. The van der Waals surface area contributed by atoms with E-state index in [2.05, 4.69) is 31.3 Å². The summed E-state index contributed by atoms with van der Waals surface area (Å²) in [5, 5.41) is 11.7. The molecule has 1 aliphatic heterocycles. The molecule has 0 saturated carbocycles. The van der Waals surface area contributed by atoms with Crippen molar-refractivity contribution >= 4 is 58.1 Å². The van der Waals surface area contributed by atoms with Gasteiger partial charge in [0.05, 0.1) is 0 Å². The molecule has 2 aromatic rings. The Kier molecular flexibility index (Phi) is 14.9. The number of fused-ring (bicyclic) bond motifs is 1. The van der Waals surface area contributed by atoms with Gasteiger partial charge in [0.1, 0.15) is 29.8 Å². The molecule has 12 N–H and O–H groups in total. The van der Waals surface area contributed by atoms with Gasteiger partial charge in [-0.15, -0.1) is 0 Å². The molecule has 0 bridgehead atoms. The van der Waals surface area contributed by atoms with E-state index >= 15 is 0 Å². The van der Waals surface area contributed by atoms with Gasteiger partial charge in [0.2, 0.25) is 29.5 Å². The molecule has 1 fully saturated rings. The maximum Gasteiger partial charge on any atom is 0.336 e. The fraction of sp³-hybridized carbons (Fsp3) is 0.529. The van der Waals surface area contributed by atoms with Crippen LogP contribution in [0.15, 0.2) is 43.5 Å². The Bertz CT molecular complexity index is 1730. The summed E-state index contributed by atoms with van der Waals surface area (Å²) in [5.74, 6) is -3.07. The summed E-state index contributed by atoms with van der Waals surface area (Å²) in [4.78, 5) is 87.8. The first-order chi connectivity index (χ1) is 24.6. The van der Waals surface area contributed by atoms with Gasteiger partial charge in [-0.1, -0.05) is 13.8 Å². The van der Waals surface area contributed by atoms with E-state index in [0.29, 0.717) is 42.3 Å². The maximum atomic E-state index is 14.0. The van der Waals surface area contributed by atoms with E-state index < -0.39 is 59.3 Å². The zero-order valence-corrected chi connectivity index (χ0v) is 30.1. The molecule has 0 radical (unpaired) electrons. The normalized spacial score (nSPS) is 15.6. The number of nitrogens with one attached hydrogen (secondary N) is 4. The van der Waals surface area contributed by atoms with Gasteiger partial charge < -0.3 is 53.5 Å². The fourth-order valence-electron chi connectivity index (χ4n) is 5.95. The van der Waals surface area contributed by atoms with E-state index in [-0.39, 0.29) is 55.9 Å². The first kappa shape index (κ1) is 40.7. The second-order valence-corrected chi connectivity index (χ2v) is 13.1. The number of hydrogen-bond donors (Lipinski definition) is 8. The lowest BCUT2D eigenvalue weighted by atomic mass is 10.0. The number of nitrogens with two attached hydrogens (primary N) is 4. The Morgan fingerprint density at radius 3 is 2.13 bits per heavy atom. The zero-order valence-electron chi connectivity index (χ0n) is 30.1. The molecule has 18 nitrogen and oxygen atoms in total. The Labute approximate surface area is 301 Å².